The Morgan fingerprint density at radius 1 is 1.88 bits per heavy atom. The van der Waals surface area contributed by atoms with Gasteiger partial charge in [-0.25, -0.2) is 4.21 Å². The first-order valence-electron chi connectivity index (χ1n) is 2.46. The Bertz CT molecular complexity index is 84.1. The highest BCUT2D eigenvalue weighted by atomic mass is 32.2. The minimum absolute atomic E-state index is 0.361. The summed E-state index contributed by atoms with van der Waals surface area (Å²) in [6.45, 7) is 1.95. The Balaban J connectivity index is 3.32. The van der Waals surface area contributed by atoms with Gasteiger partial charge >= 0.3 is 0 Å². The van der Waals surface area contributed by atoms with Crippen LogP contribution in [0.5, 0.6) is 0 Å². The minimum Gasteiger partial charge on any atom is -0.305 e. The average molecular weight is 154 g/mol. The topological polar surface area (TPSA) is 37.3 Å². The molecule has 4 heteroatoms. The highest BCUT2D eigenvalue weighted by molar-refractivity contribution is 7.98. The lowest BCUT2D eigenvalue weighted by atomic mass is 10.4. The summed E-state index contributed by atoms with van der Waals surface area (Å²) in [5, 5.41) is 0. The molecule has 0 aliphatic carbocycles. The van der Waals surface area contributed by atoms with Gasteiger partial charge in [-0.3, -0.25) is 0 Å². The maximum absolute atomic E-state index is 10.1. The Morgan fingerprint density at radius 2 is 2.38 bits per heavy atom. The molecular weight excluding hydrogens is 144 g/mol. The van der Waals surface area contributed by atoms with Crippen LogP contribution in [0.25, 0.3) is 0 Å². The highest BCUT2D eigenvalue weighted by Gasteiger charge is 2.05. The molecule has 1 N–H and O–H groups in total. The van der Waals surface area contributed by atoms with Crippen molar-refractivity contribution >= 4 is 23.7 Å². The zero-order valence-electron chi connectivity index (χ0n) is 4.70. The summed E-state index contributed by atoms with van der Waals surface area (Å²) in [6, 6.07) is 0. The van der Waals surface area contributed by atoms with Gasteiger partial charge in [-0.1, -0.05) is 13.3 Å². The number of rotatable bonds is 3. The van der Waals surface area contributed by atoms with Crippen LogP contribution < -0.4 is 0 Å². The molecule has 0 fully saturated rings. The fourth-order valence-electron chi connectivity index (χ4n) is 0.348. The van der Waals surface area contributed by atoms with Crippen LogP contribution in [0.4, 0.5) is 0 Å². The lowest BCUT2D eigenvalue weighted by Gasteiger charge is -2.00. The van der Waals surface area contributed by atoms with Gasteiger partial charge in [-0.15, -0.1) is 0 Å². The normalized spacial score (nSPS) is 17.9. The van der Waals surface area contributed by atoms with Crippen molar-refractivity contribution in [3.63, 3.8) is 0 Å². The fraction of sp³-hybridized carbons (Fsp3) is 1.00. The van der Waals surface area contributed by atoms with Crippen molar-refractivity contribution in [2.75, 3.05) is 0 Å². The van der Waals surface area contributed by atoms with E-state index in [4.69, 9.17) is 4.55 Å². The molecule has 0 aliphatic rings. The monoisotopic (exact) mass is 154 g/mol. The molecule has 0 saturated heterocycles. The molecule has 0 aromatic rings. The van der Waals surface area contributed by atoms with Crippen molar-refractivity contribution in [2.24, 2.45) is 0 Å². The third-order valence-electron chi connectivity index (χ3n) is 0.768. The standard InChI is InChI=1S/C4H10O2S2/c1-2-3-4(7)8(5)6/h4,7H,2-3H2,1H3,(H,5,6). The van der Waals surface area contributed by atoms with E-state index in [9.17, 15) is 4.21 Å². The summed E-state index contributed by atoms with van der Waals surface area (Å²) in [7, 11) is 0. The number of thiol groups is 1. The molecule has 0 amide bonds. The van der Waals surface area contributed by atoms with Gasteiger partial charge in [0.05, 0.1) is 0 Å². The lowest BCUT2D eigenvalue weighted by Crippen LogP contribution is -2.04. The summed E-state index contributed by atoms with van der Waals surface area (Å²) >= 11 is 2.11. The van der Waals surface area contributed by atoms with Crippen molar-refractivity contribution in [1.82, 2.24) is 0 Å². The molecule has 0 saturated carbocycles. The minimum atomic E-state index is -1.75. The molecule has 2 unspecified atom stereocenters. The number of hydrogen-bond acceptors (Lipinski definition) is 2. The van der Waals surface area contributed by atoms with Crippen LogP contribution >= 0.6 is 12.6 Å². The fourth-order valence-corrected chi connectivity index (χ4v) is 1.04. The van der Waals surface area contributed by atoms with Crippen LogP contribution in [0.2, 0.25) is 0 Å². The van der Waals surface area contributed by atoms with Gasteiger partial charge in [0.1, 0.15) is 4.58 Å². The smallest absolute Gasteiger partial charge is 0.166 e. The Kier molecular flexibility index (Phi) is 4.60. The van der Waals surface area contributed by atoms with E-state index >= 15 is 0 Å². The molecule has 0 rings (SSSR count). The third kappa shape index (κ3) is 3.46. The van der Waals surface area contributed by atoms with E-state index in [1.807, 2.05) is 6.92 Å². The van der Waals surface area contributed by atoms with Crippen LogP contribution in [0.15, 0.2) is 0 Å². The quantitative estimate of drug-likeness (QED) is 0.474. The second kappa shape index (κ2) is 4.35. The van der Waals surface area contributed by atoms with Crippen molar-refractivity contribution in [1.29, 1.82) is 0 Å². The van der Waals surface area contributed by atoms with E-state index in [0.29, 0.717) is 6.42 Å². The van der Waals surface area contributed by atoms with Gasteiger partial charge in [0.25, 0.3) is 0 Å². The second-order valence-electron chi connectivity index (χ2n) is 1.52. The molecule has 0 aliphatic heterocycles. The summed E-state index contributed by atoms with van der Waals surface area (Å²) in [4.78, 5) is 0. The summed E-state index contributed by atoms with van der Waals surface area (Å²) in [5.74, 6) is 0. The molecule has 0 radical (unpaired) electrons. The van der Waals surface area contributed by atoms with Gasteiger partial charge in [0.2, 0.25) is 0 Å². The lowest BCUT2D eigenvalue weighted by molar-refractivity contribution is 0.557. The first-order valence-corrected chi connectivity index (χ1v) is 4.14. The van der Waals surface area contributed by atoms with Crippen LogP contribution in [0, 0.1) is 0 Å². The van der Waals surface area contributed by atoms with E-state index in [1.165, 1.54) is 0 Å². The van der Waals surface area contributed by atoms with Crippen molar-refractivity contribution in [3.05, 3.63) is 0 Å². The van der Waals surface area contributed by atoms with Gasteiger partial charge in [-0.05, 0) is 6.42 Å². The zero-order chi connectivity index (χ0) is 6.57. The molecule has 0 aromatic carbocycles. The van der Waals surface area contributed by atoms with E-state index in [2.05, 4.69) is 12.6 Å². The van der Waals surface area contributed by atoms with E-state index < -0.39 is 11.1 Å². The average Bonchev–Trinajstić information content (AvgIpc) is 1.67. The molecule has 0 bridgehead atoms. The van der Waals surface area contributed by atoms with Crippen LogP contribution in [0.1, 0.15) is 19.8 Å². The maximum atomic E-state index is 10.1. The van der Waals surface area contributed by atoms with Gasteiger partial charge in [0, 0.05) is 0 Å². The van der Waals surface area contributed by atoms with Crippen molar-refractivity contribution < 1.29 is 8.76 Å². The van der Waals surface area contributed by atoms with Crippen LogP contribution in [-0.2, 0) is 11.1 Å². The van der Waals surface area contributed by atoms with E-state index in [-0.39, 0.29) is 4.58 Å². The zero-order valence-corrected chi connectivity index (χ0v) is 6.41. The summed E-state index contributed by atoms with van der Waals surface area (Å²) < 4.78 is 18.1. The predicted octanol–water partition coefficient (Wildman–Crippen LogP) is 1.26. The summed E-state index contributed by atoms with van der Waals surface area (Å²) in [5.41, 5.74) is 0. The Labute approximate surface area is 57.4 Å². The van der Waals surface area contributed by atoms with Crippen molar-refractivity contribution in [3.8, 4) is 0 Å². The van der Waals surface area contributed by atoms with Crippen LogP contribution in [-0.4, -0.2) is 13.3 Å². The van der Waals surface area contributed by atoms with Gasteiger partial charge in [-0.2, -0.15) is 12.6 Å². The molecule has 2 nitrogen and oxygen atoms in total. The Morgan fingerprint density at radius 3 is 2.50 bits per heavy atom. The first-order chi connectivity index (χ1) is 3.68. The molecule has 0 heterocycles. The maximum Gasteiger partial charge on any atom is 0.166 e. The molecule has 2 atom stereocenters. The molecule has 8 heavy (non-hydrogen) atoms. The highest BCUT2D eigenvalue weighted by Crippen LogP contribution is 2.06. The van der Waals surface area contributed by atoms with Crippen LogP contribution in [0.3, 0.4) is 0 Å². The van der Waals surface area contributed by atoms with E-state index in [1.54, 1.807) is 0 Å². The third-order valence-corrected chi connectivity index (χ3v) is 2.27. The summed E-state index contributed by atoms with van der Waals surface area (Å²) in [6.07, 6.45) is 1.60. The molecule has 0 spiro atoms. The first kappa shape index (κ1) is 8.46. The van der Waals surface area contributed by atoms with Crippen molar-refractivity contribution in [2.45, 2.75) is 24.3 Å². The SMILES string of the molecule is CCCC(S)S(=O)O. The second-order valence-corrected chi connectivity index (χ2v) is 3.61. The molecule has 0 aromatic heterocycles. The Hall–Kier alpha value is 0.460. The van der Waals surface area contributed by atoms with Gasteiger partial charge in [0.15, 0.2) is 11.1 Å². The van der Waals surface area contributed by atoms with E-state index in [0.717, 1.165) is 6.42 Å². The predicted molar refractivity (Wildman–Crippen MR) is 38.5 cm³/mol. The van der Waals surface area contributed by atoms with Gasteiger partial charge < -0.3 is 4.55 Å². The molecular formula is C4H10O2S2. The largest absolute Gasteiger partial charge is 0.305 e. The molecule has 50 valence electrons. The number of hydrogen-bond donors (Lipinski definition) is 2.